The molecule has 16 heteroatoms. The average Bonchev–Trinajstić information content (AvgIpc) is 2.98. The van der Waals surface area contributed by atoms with Crippen LogP contribution in [0.1, 0.15) is 73.8 Å². The number of halogens is 9. The normalized spacial score (nSPS) is 17.3. The lowest BCUT2D eigenvalue weighted by atomic mass is 9.80. The number of hydrogen-bond donors (Lipinski definition) is 0. The Labute approximate surface area is 266 Å². The molecule has 0 unspecified atom stereocenters. The van der Waals surface area contributed by atoms with Crippen LogP contribution in [0.25, 0.3) is 0 Å². The summed E-state index contributed by atoms with van der Waals surface area (Å²) in [6, 6.07) is 1.56. The zero-order valence-electron chi connectivity index (χ0n) is 26.0. The van der Waals surface area contributed by atoms with Gasteiger partial charge in [-0.15, -0.1) is 0 Å². The first kappa shape index (κ1) is 37.7. The highest BCUT2D eigenvalue weighted by Gasteiger charge is 2.38. The highest BCUT2D eigenvalue weighted by Crippen LogP contribution is 2.38. The van der Waals surface area contributed by atoms with E-state index < -0.39 is 60.0 Å². The van der Waals surface area contributed by atoms with Gasteiger partial charge >= 0.3 is 30.6 Å². The fourth-order valence-electron chi connectivity index (χ4n) is 5.66. The van der Waals surface area contributed by atoms with Gasteiger partial charge in [-0.1, -0.05) is 0 Å². The number of esters is 1. The molecule has 1 aliphatic carbocycles. The summed E-state index contributed by atoms with van der Waals surface area (Å²) in [6.45, 7) is 2.89. The highest BCUT2D eigenvalue weighted by atomic mass is 19.4. The lowest BCUT2D eigenvalue weighted by Crippen LogP contribution is -2.35. The van der Waals surface area contributed by atoms with E-state index >= 15 is 0 Å². The number of benzene rings is 1. The monoisotopic (exact) mass is 685 g/mol. The summed E-state index contributed by atoms with van der Waals surface area (Å²) in [5.74, 6) is 0.0260. The Morgan fingerprint density at radius 3 is 1.85 bits per heavy atom. The topological polar surface area (TPSA) is 72.0 Å². The first-order chi connectivity index (χ1) is 21.8. The molecule has 1 fully saturated rings. The number of pyridine rings is 1. The van der Waals surface area contributed by atoms with Gasteiger partial charge in [-0.3, -0.25) is 9.69 Å². The SMILES string of the molecule is CCOC(=O)C[C@H]1CC[C@H](CN(CC)c2ncc(C(F)(F)F)cc2CN(Cc2cc(C(F)(F)F)cc(C(F)(F)F)c2)C(=O)OC)CC1. The molecule has 0 aliphatic heterocycles. The maximum Gasteiger partial charge on any atom is 0.417 e. The molecule has 1 aromatic carbocycles. The fourth-order valence-corrected chi connectivity index (χ4v) is 5.66. The average molecular weight is 686 g/mol. The van der Waals surface area contributed by atoms with Crippen LogP contribution in [0.15, 0.2) is 30.5 Å². The van der Waals surface area contributed by atoms with Gasteiger partial charge in [0.05, 0.1) is 37.0 Å². The van der Waals surface area contributed by atoms with E-state index in [1.54, 1.807) is 18.7 Å². The molecule has 1 heterocycles. The largest absolute Gasteiger partial charge is 0.466 e. The molecule has 0 N–H and O–H groups in total. The smallest absolute Gasteiger partial charge is 0.417 e. The first-order valence-corrected chi connectivity index (χ1v) is 14.9. The summed E-state index contributed by atoms with van der Waals surface area (Å²) in [7, 11) is 0.921. The molecule has 2 aromatic rings. The van der Waals surface area contributed by atoms with Crippen molar-refractivity contribution in [2.24, 2.45) is 11.8 Å². The maximum atomic E-state index is 13.7. The molecular formula is C31H36F9N3O4. The predicted octanol–water partition coefficient (Wildman–Crippen LogP) is 8.49. The standard InChI is InChI=1S/C31H36F9N3O4/c1-4-42(16-20-8-6-19(7-9-20)12-26(44)47-5-2)27-22(13-25(15-41-27)31(38,39)40)18-43(28(45)46-3)17-21-10-23(29(32,33)34)14-24(11-21)30(35,36)37/h10-11,13-15,19-20H,4-9,12,16-18H2,1-3H3/t19-,20-. The molecule has 262 valence electrons. The number of amides is 1. The Morgan fingerprint density at radius 1 is 0.809 bits per heavy atom. The number of carbonyl (C=O) groups excluding carboxylic acids is 2. The van der Waals surface area contributed by atoms with Crippen LogP contribution in [-0.4, -0.2) is 48.8 Å². The number of carbonyl (C=O) groups is 2. The number of aromatic nitrogens is 1. The van der Waals surface area contributed by atoms with Crippen LogP contribution in [0.3, 0.4) is 0 Å². The van der Waals surface area contributed by atoms with Gasteiger partial charge in [0, 0.05) is 37.8 Å². The summed E-state index contributed by atoms with van der Waals surface area (Å²) in [6.07, 6.45) is -12.5. The lowest BCUT2D eigenvalue weighted by molar-refractivity contribution is -0.145. The van der Waals surface area contributed by atoms with E-state index in [-0.39, 0.29) is 48.4 Å². The number of alkyl halides is 9. The minimum Gasteiger partial charge on any atom is -0.466 e. The van der Waals surface area contributed by atoms with Gasteiger partial charge in [0.2, 0.25) is 0 Å². The molecule has 0 spiro atoms. The zero-order valence-corrected chi connectivity index (χ0v) is 26.0. The van der Waals surface area contributed by atoms with Crippen molar-refractivity contribution in [3.63, 3.8) is 0 Å². The summed E-state index contributed by atoms with van der Waals surface area (Å²) in [5.41, 5.74) is -5.07. The predicted molar refractivity (Wildman–Crippen MR) is 152 cm³/mol. The summed E-state index contributed by atoms with van der Waals surface area (Å²) in [4.78, 5) is 31.1. The van der Waals surface area contributed by atoms with Crippen molar-refractivity contribution in [1.29, 1.82) is 0 Å². The first-order valence-electron chi connectivity index (χ1n) is 14.9. The number of ether oxygens (including phenoxy) is 2. The van der Waals surface area contributed by atoms with E-state index in [9.17, 15) is 49.1 Å². The van der Waals surface area contributed by atoms with E-state index in [1.807, 2.05) is 0 Å². The van der Waals surface area contributed by atoms with Crippen molar-refractivity contribution in [1.82, 2.24) is 9.88 Å². The second-order valence-corrected chi connectivity index (χ2v) is 11.4. The van der Waals surface area contributed by atoms with Crippen LogP contribution in [0.5, 0.6) is 0 Å². The Bertz CT molecular complexity index is 1340. The minimum absolute atomic E-state index is 0.0652. The van der Waals surface area contributed by atoms with Crippen molar-refractivity contribution >= 4 is 17.9 Å². The lowest BCUT2D eigenvalue weighted by Gasteiger charge is -2.34. The Hall–Kier alpha value is -3.72. The molecule has 1 aromatic heterocycles. The zero-order chi connectivity index (χ0) is 35.2. The van der Waals surface area contributed by atoms with Crippen LogP contribution in [0, 0.1) is 11.8 Å². The van der Waals surface area contributed by atoms with Crippen LogP contribution in [-0.2, 0) is 45.9 Å². The van der Waals surface area contributed by atoms with Gasteiger partial charge in [-0.2, -0.15) is 39.5 Å². The Kier molecular flexibility index (Phi) is 12.4. The van der Waals surface area contributed by atoms with E-state index in [2.05, 4.69) is 4.98 Å². The third-order valence-electron chi connectivity index (χ3n) is 7.97. The van der Waals surface area contributed by atoms with Gasteiger partial charge in [0.15, 0.2) is 0 Å². The third-order valence-corrected chi connectivity index (χ3v) is 7.97. The number of rotatable bonds is 11. The fraction of sp³-hybridized carbons (Fsp3) is 0.581. The van der Waals surface area contributed by atoms with Crippen LogP contribution in [0.4, 0.5) is 50.1 Å². The Morgan fingerprint density at radius 2 is 1.36 bits per heavy atom. The quantitative estimate of drug-likeness (QED) is 0.175. The molecule has 0 radical (unpaired) electrons. The third kappa shape index (κ3) is 10.6. The molecule has 47 heavy (non-hydrogen) atoms. The van der Waals surface area contributed by atoms with Crippen LogP contribution < -0.4 is 4.90 Å². The molecule has 1 saturated carbocycles. The van der Waals surface area contributed by atoms with Gasteiger partial charge in [0.1, 0.15) is 5.82 Å². The number of methoxy groups -OCH3 is 1. The highest BCUT2D eigenvalue weighted by molar-refractivity contribution is 5.69. The minimum atomic E-state index is -5.15. The number of hydrogen-bond acceptors (Lipinski definition) is 6. The van der Waals surface area contributed by atoms with Crippen LogP contribution in [0.2, 0.25) is 0 Å². The number of anilines is 1. The van der Waals surface area contributed by atoms with Gasteiger partial charge in [-0.25, -0.2) is 9.78 Å². The molecule has 0 bridgehead atoms. The Balaban J connectivity index is 1.94. The molecule has 1 aliphatic rings. The van der Waals surface area contributed by atoms with E-state index in [1.165, 1.54) is 0 Å². The van der Waals surface area contributed by atoms with Crippen LogP contribution >= 0.6 is 0 Å². The molecule has 3 rings (SSSR count). The maximum absolute atomic E-state index is 13.7. The van der Waals surface area contributed by atoms with Crippen molar-refractivity contribution in [2.75, 3.05) is 31.7 Å². The van der Waals surface area contributed by atoms with Gasteiger partial charge < -0.3 is 14.4 Å². The summed E-state index contributed by atoms with van der Waals surface area (Å²) >= 11 is 0. The molecule has 0 atom stereocenters. The van der Waals surface area contributed by atoms with E-state index in [0.29, 0.717) is 36.2 Å². The van der Waals surface area contributed by atoms with Gasteiger partial charge in [-0.05, 0) is 81.2 Å². The summed E-state index contributed by atoms with van der Waals surface area (Å²) in [5, 5.41) is 0. The summed E-state index contributed by atoms with van der Waals surface area (Å²) < 4.78 is 132. The molecule has 7 nitrogen and oxygen atoms in total. The molecule has 1 amide bonds. The van der Waals surface area contributed by atoms with Crippen molar-refractivity contribution < 1.29 is 58.6 Å². The van der Waals surface area contributed by atoms with Crippen molar-refractivity contribution in [3.05, 3.63) is 58.3 Å². The second kappa shape index (κ2) is 15.5. The van der Waals surface area contributed by atoms with Gasteiger partial charge in [0.25, 0.3) is 0 Å². The molecular weight excluding hydrogens is 649 g/mol. The number of nitrogens with zero attached hydrogens (tertiary/aromatic N) is 3. The van der Waals surface area contributed by atoms with E-state index in [4.69, 9.17) is 9.47 Å². The second-order valence-electron chi connectivity index (χ2n) is 11.4. The van der Waals surface area contributed by atoms with Crippen molar-refractivity contribution in [2.45, 2.75) is 77.6 Å². The van der Waals surface area contributed by atoms with Crippen molar-refractivity contribution in [3.8, 4) is 0 Å². The van der Waals surface area contributed by atoms with E-state index in [0.717, 1.165) is 38.9 Å². The molecule has 0 saturated heterocycles.